The number of carbonyl (C=O) groups excluding carboxylic acids is 2. The zero-order valence-electron chi connectivity index (χ0n) is 18.1. The van der Waals surface area contributed by atoms with Crippen LogP contribution >= 0.6 is 0 Å². The van der Waals surface area contributed by atoms with E-state index < -0.39 is 35.0 Å². The van der Waals surface area contributed by atoms with Crippen LogP contribution in [0.1, 0.15) is 66.9 Å². The predicted octanol–water partition coefficient (Wildman–Crippen LogP) is 4.82. The first-order valence-corrected chi connectivity index (χ1v) is 9.57. The molecule has 0 saturated heterocycles. The van der Waals surface area contributed by atoms with Gasteiger partial charge in [0, 0.05) is 17.3 Å². The lowest BCUT2D eigenvalue weighted by molar-refractivity contribution is -0.158. The Balaban J connectivity index is 2.59. The summed E-state index contributed by atoms with van der Waals surface area (Å²) in [5.41, 5.74) is 1.17. The summed E-state index contributed by atoms with van der Waals surface area (Å²) in [6.45, 7) is 14.5. The number of carbonyl (C=O) groups is 2. The molecule has 0 radical (unpaired) electrons. The van der Waals surface area contributed by atoms with Gasteiger partial charge in [-0.2, -0.15) is 0 Å². The first-order chi connectivity index (χ1) is 12.8. The highest BCUT2D eigenvalue weighted by molar-refractivity contribution is 6.07. The summed E-state index contributed by atoms with van der Waals surface area (Å²) in [6, 6.07) is 9.52. The molecular weight excluding hydrogens is 354 g/mol. The fourth-order valence-corrected chi connectivity index (χ4v) is 3.33. The number of ether oxygens (including phenoxy) is 2. The minimum atomic E-state index is -0.687. The minimum absolute atomic E-state index is 0.392. The van der Waals surface area contributed by atoms with Crippen molar-refractivity contribution in [3.8, 4) is 0 Å². The Morgan fingerprint density at radius 1 is 0.893 bits per heavy atom. The van der Waals surface area contributed by atoms with Crippen molar-refractivity contribution in [1.29, 1.82) is 0 Å². The van der Waals surface area contributed by atoms with Crippen molar-refractivity contribution in [2.75, 3.05) is 0 Å². The maximum atomic E-state index is 13.1. The van der Waals surface area contributed by atoms with Gasteiger partial charge in [0.1, 0.15) is 17.1 Å². The molecule has 0 spiro atoms. The zero-order valence-corrected chi connectivity index (χ0v) is 18.1. The molecule has 1 unspecified atom stereocenters. The van der Waals surface area contributed by atoms with Gasteiger partial charge in [0.15, 0.2) is 0 Å². The minimum Gasteiger partial charge on any atom is -0.459 e. The standard InChI is InChI=1S/C23H31NO4/c1-14-17(20(25)27-22(3,4)5)19(16-12-10-9-11-13-16)18(15(2)24-14)21(26)28-23(6,7)8/h9-13,17,19H,1-8H3/t17?,19-/m0/s1. The average molecular weight is 386 g/mol. The van der Waals surface area contributed by atoms with Gasteiger partial charge in [-0.05, 0) is 61.0 Å². The van der Waals surface area contributed by atoms with Crippen molar-refractivity contribution in [2.45, 2.75) is 72.5 Å². The van der Waals surface area contributed by atoms with E-state index in [4.69, 9.17) is 9.47 Å². The second-order valence-electron chi connectivity index (χ2n) is 9.15. The van der Waals surface area contributed by atoms with Gasteiger partial charge in [-0.25, -0.2) is 4.79 Å². The van der Waals surface area contributed by atoms with E-state index in [0.29, 0.717) is 17.0 Å². The lowest BCUT2D eigenvalue weighted by Crippen LogP contribution is -2.40. The van der Waals surface area contributed by atoms with Crippen LogP contribution in [0.4, 0.5) is 0 Å². The SMILES string of the molecule is CC1=NC(C)=C(C(=O)OC(C)(C)C)[C@@H](c2ccccc2)C1C(=O)OC(C)(C)C. The molecule has 0 amide bonds. The van der Waals surface area contributed by atoms with E-state index >= 15 is 0 Å². The summed E-state index contributed by atoms with van der Waals surface area (Å²) in [5.74, 6) is -2.05. The number of hydrogen-bond acceptors (Lipinski definition) is 5. The molecule has 5 heteroatoms. The van der Waals surface area contributed by atoms with Crippen LogP contribution in [0.3, 0.4) is 0 Å². The van der Waals surface area contributed by atoms with E-state index in [9.17, 15) is 9.59 Å². The second-order valence-corrected chi connectivity index (χ2v) is 9.15. The Labute approximate surface area is 167 Å². The molecule has 0 aromatic heterocycles. The number of rotatable bonds is 3. The van der Waals surface area contributed by atoms with Crippen LogP contribution in [0.2, 0.25) is 0 Å². The lowest BCUT2D eigenvalue weighted by Gasteiger charge is -2.34. The van der Waals surface area contributed by atoms with Crippen molar-refractivity contribution in [3.05, 3.63) is 47.2 Å². The third-order valence-corrected chi connectivity index (χ3v) is 4.27. The van der Waals surface area contributed by atoms with Crippen LogP contribution in [-0.2, 0) is 19.1 Å². The second kappa shape index (κ2) is 7.90. The molecule has 0 fully saturated rings. The molecule has 5 nitrogen and oxygen atoms in total. The average Bonchev–Trinajstić information content (AvgIpc) is 2.51. The van der Waals surface area contributed by atoms with E-state index in [-0.39, 0.29) is 0 Å². The topological polar surface area (TPSA) is 65.0 Å². The van der Waals surface area contributed by atoms with Crippen molar-refractivity contribution in [1.82, 2.24) is 0 Å². The Kier molecular flexibility index (Phi) is 6.17. The Bertz CT molecular complexity index is 807. The fourth-order valence-electron chi connectivity index (χ4n) is 3.33. The molecule has 0 saturated carbocycles. The van der Waals surface area contributed by atoms with Gasteiger partial charge in [0.2, 0.25) is 0 Å². The quantitative estimate of drug-likeness (QED) is 0.700. The summed E-state index contributed by atoms with van der Waals surface area (Å²) < 4.78 is 11.3. The molecule has 0 N–H and O–H groups in total. The summed E-state index contributed by atoms with van der Waals surface area (Å²) in [4.78, 5) is 30.7. The third-order valence-electron chi connectivity index (χ3n) is 4.27. The zero-order chi connectivity index (χ0) is 21.3. The summed E-state index contributed by atoms with van der Waals surface area (Å²) in [6.07, 6.45) is 0. The van der Waals surface area contributed by atoms with E-state index in [1.165, 1.54) is 0 Å². The van der Waals surface area contributed by atoms with Gasteiger partial charge in [-0.1, -0.05) is 30.3 Å². The van der Waals surface area contributed by atoms with Gasteiger partial charge in [-0.3, -0.25) is 9.79 Å². The van der Waals surface area contributed by atoms with E-state index in [1.54, 1.807) is 13.8 Å². The molecule has 1 aliphatic rings. The highest BCUT2D eigenvalue weighted by Gasteiger charge is 2.43. The third kappa shape index (κ3) is 5.31. The van der Waals surface area contributed by atoms with Gasteiger partial charge in [0.05, 0.1) is 5.57 Å². The molecule has 0 bridgehead atoms. The molecular formula is C23H31NO4. The van der Waals surface area contributed by atoms with Crippen LogP contribution in [0, 0.1) is 5.92 Å². The van der Waals surface area contributed by atoms with Crippen LogP contribution in [-0.4, -0.2) is 28.9 Å². The van der Waals surface area contributed by atoms with E-state index in [1.807, 2.05) is 71.9 Å². The monoisotopic (exact) mass is 385 g/mol. The number of hydrogen-bond donors (Lipinski definition) is 0. The van der Waals surface area contributed by atoms with Crippen LogP contribution in [0.25, 0.3) is 0 Å². The highest BCUT2D eigenvalue weighted by Crippen LogP contribution is 2.41. The van der Waals surface area contributed by atoms with Crippen LogP contribution in [0.15, 0.2) is 46.6 Å². The van der Waals surface area contributed by atoms with E-state index in [0.717, 1.165) is 5.56 Å². The Morgan fingerprint density at radius 2 is 1.43 bits per heavy atom. The van der Waals surface area contributed by atoms with Gasteiger partial charge in [0.25, 0.3) is 0 Å². The molecule has 1 aromatic carbocycles. The maximum absolute atomic E-state index is 13.1. The van der Waals surface area contributed by atoms with Crippen molar-refractivity contribution < 1.29 is 19.1 Å². The number of esters is 2. The molecule has 2 atom stereocenters. The maximum Gasteiger partial charge on any atom is 0.337 e. The molecule has 2 rings (SSSR count). The van der Waals surface area contributed by atoms with Crippen molar-refractivity contribution >= 4 is 17.7 Å². The predicted molar refractivity (Wildman–Crippen MR) is 110 cm³/mol. The molecule has 0 aliphatic carbocycles. The fraction of sp³-hybridized carbons (Fsp3) is 0.522. The number of nitrogens with zero attached hydrogens (tertiary/aromatic N) is 1. The number of allylic oxidation sites excluding steroid dienone is 1. The van der Waals surface area contributed by atoms with Gasteiger partial charge in [-0.15, -0.1) is 0 Å². The first kappa shape index (κ1) is 21.9. The van der Waals surface area contributed by atoms with E-state index in [2.05, 4.69) is 4.99 Å². The highest BCUT2D eigenvalue weighted by atomic mass is 16.6. The normalized spacial score (nSPS) is 20.5. The smallest absolute Gasteiger partial charge is 0.337 e. The van der Waals surface area contributed by atoms with Crippen molar-refractivity contribution in [3.63, 3.8) is 0 Å². The molecule has 1 heterocycles. The lowest BCUT2D eigenvalue weighted by atomic mass is 9.75. The van der Waals surface area contributed by atoms with Crippen molar-refractivity contribution in [2.24, 2.45) is 10.9 Å². The van der Waals surface area contributed by atoms with Gasteiger partial charge < -0.3 is 9.47 Å². The summed E-state index contributed by atoms with van der Waals surface area (Å²) in [7, 11) is 0. The molecule has 1 aliphatic heterocycles. The van der Waals surface area contributed by atoms with Crippen LogP contribution < -0.4 is 0 Å². The summed E-state index contributed by atoms with van der Waals surface area (Å²) in [5, 5.41) is 0. The molecule has 1 aromatic rings. The molecule has 152 valence electrons. The largest absolute Gasteiger partial charge is 0.459 e. The number of benzene rings is 1. The Hall–Kier alpha value is -2.43. The summed E-state index contributed by atoms with van der Waals surface area (Å²) >= 11 is 0. The Morgan fingerprint density at radius 3 is 1.93 bits per heavy atom. The molecule has 28 heavy (non-hydrogen) atoms. The van der Waals surface area contributed by atoms with Gasteiger partial charge >= 0.3 is 11.9 Å². The number of aliphatic imine (C=N–C) groups is 1. The van der Waals surface area contributed by atoms with Crippen LogP contribution in [0.5, 0.6) is 0 Å². The first-order valence-electron chi connectivity index (χ1n) is 9.57.